The van der Waals surface area contributed by atoms with Gasteiger partial charge in [0.15, 0.2) is 0 Å². The van der Waals surface area contributed by atoms with E-state index in [1.54, 1.807) is 0 Å². The Morgan fingerprint density at radius 1 is 1.47 bits per heavy atom. The van der Waals surface area contributed by atoms with Crippen molar-refractivity contribution in [1.29, 1.82) is 0 Å². The van der Waals surface area contributed by atoms with Crippen molar-refractivity contribution in [3.8, 4) is 0 Å². The normalized spacial score (nSPS) is 29.0. The molecule has 0 amide bonds. The van der Waals surface area contributed by atoms with Crippen LogP contribution < -0.4 is 11.1 Å². The molecule has 0 spiro atoms. The fourth-order valence-corrected chi connectivity index (χ4v) is 3.07. The fourth-order valence-electron chi connectivity index (χ4n) is 3.07. The predicted molar refractivity (Wildman–Crippen MR) is 67.8 cm³/mol. The van der Waals surface area contributed by atoms with E-state index in [-0.39, 0.29) is 0 Å². The van der Waals surface area contributed by atoms with Crippen molar-refractivity contribution in [2.75, 3.05) is 13.1 Å². The summed E-state index contributed by atoms with van der Waals surface area (Å²) in [7, 11) is 0. The number of imidazole rings is 1. The van der Waals surface area contributed by atoms with Crippen LogP contribution in [0.5, 0.6) is 0 Å². The molecule has 94 valence electrons. The van der Waals surface area contributed by atoms with Gasteiger partial charge in [-0.05, 0) is 38.3 Å². The molecule has 0 aliphatic carbocycles. The summed E-state index contributed by atoms with van der Waals surface area (Å²) in [6.07, 6.45) is 7.90. The number of rotatable bonds is 2. The van der Waals surface area contributed by atoms with Crippen molar-refractivity contribution in [2.45, 2.75) is 44.7 Å². The Kier molecular flexibility index (Phi) is 3.16. The molecule has 4 heteroatoms. The fraction of sp³-hybridized carbons (Fsp3) is 0.769. The van der Waals surface area contributed by atoms with Crippen molar-refractivity contribution >= 4 is 0 Å². The molecule has 1 saturated heterocycles. The van der Waals surface area contributed by atoms with Gasteiger partial charge in [-0.3, -0.25) is 0 Å². The summed E-state index contributed by atoms with van der Waals surface area (Å²) in [6, 6.07) is 0.336. The van der Waals surface area contributed by atoms with E-state index >= 15 is 0 Å². The average molecular weight is 234 g/mol. The monoisotopic (exact) mass is 234 g/mol. The Labute approximate surface area is 103 Å². The van der Waals surface area contributed by atoms with E-state index in [1.807, 2.05) is 6.20 Å². The van der Waals surface area contributed by atoms with Gasteiger partial charge in [0.2, 0.25) is 0 Å². The van der Waals surface area contributed by atoms with Crippen LogP contribution in [0.2, 0.25) is 0 Å². The summed E-state index contributed by atoms with van der Waals surface area (Å²) in [5.41, 5.74) is 7.33. The third kappa shape index (κ3) is 2.38. The lowest BCUT2D eigenvalue weighted by molar-refractivity contribution is 0.361. The second-order valence-electron chi connectivity index (χ2n) is 5.49. The van der Waals surface area contributed by atoms with Crippen molar-refractivity contribution in [1.82, 2.24) is 14.9 Å². The van der Waals surface area contributed by atoms with E-state index in [2.05, 4.69) is 14.9 Å². The average Bonchev–Trinajstić information content (AvgIpc) is 2.73. The first-order valence-corrected chi connectivity index (χ1v) is 6.82. The molecule has 2 aliphatic rings. The number of nitrogens with one attached hydrogen (secondary N) is 1. The number of hydrogen-bond acceptors (Lipinski definition) is 3. The molecule has 17 heavy (non-hydrogen) atoms. The summed E-state index contributed by atoms with van der Waals surface area (Å²) in [4.78, 5) is 4.61. The van der Waals surface area contributed by atoms with Crippen LogP contribution in [-0.2, 0) is 19.4 Å². The summed E-state index contributed by atoms with van der Waals surface area (Å²) in [6.45, 7) is 3.40. The van der Waals surface area contributed by atoms with Gasteiger partial charge in [0.05, 0.1) is 0 Å². The quantitative estimate of drug-likeness (QED) is 0.792. The Bertz CT molecular complexity index is 379. The number of piperidine rings is 1. The molecular weight excluding hydrogens is 212 g/mol. The maximum Gasteiger partial charge on any atom is 0.109 e. The molecule has 2 unspecified atom stereocenters. The van der Waals surface area contributed by atoms with Gasteiger partial charge < -0.3 is 15.6 Å². The van der Waals surface area contributed by atoms with E-state index in [9.17, 15) is 0 Å². The first-order valence-electron chi connectivity index (χ1n) is 6.82. The molecule has 1 aromatic rings. The Balaban J connectivity index is 1.71. The second-order valence-corrected chi connectivity index (χ2v) is 5.49. The molecule has 4 nitrogen and oxygen atoms in total. The zero-order chi connectivity index (χ0) is 11.7. The smallest absolute Gasteiger partial charge is 0.109 e. The van der Waals surface area contributed by atoms with E-state index in [0.717, 1.165) is 38.3 Å². The first kappa shape index (κ1) is 11.2. The highest BCUT2D eigenvalue weighted by Gasteiger charge is 2.21. The molecule has 0 bridgehead atoms. The summed E-state index contributed by atoms with van der Waals surface area (Å²) in [5, 5.41) is 3.48. The minimum absolute atomic E-state index is 0.336. The second kappa shape index (κ2) is 4.78. The van der Waals surface area contributed by atoms with E-state index in [4.69, 9.17) is 5.73 Å². The van der Waals surface area contributed by atoms with Crippen molar-refractivity contribution in [2.24, 2.45) is 11.7 Å². The van der Waals surface area contributed by atoms with Gasteiger partial charge in [-0.1, -0.05) is 0 Å². The Morgan fingerprint density at radius 3 is 3.24 bits per heavy atom. The SMILES string of the molecule is NC1CCn2c(cnc2CC2CCCNC2)C1. The number of hydrogen-bond donors (Lipinski definition) is 2. The van der Waals surface area contributed by atoms with Gasteiger partial charge in [0.1, 0.15) is 5.82 Å². The molecule has 0 aromatic carbocycles. The highest BCUT2D eigenvalue weighted by molar-refractivity contribution is 5.10. The van der Waals surface area contributed by atoms with Crippen LogP contribution in [0, 0.1) is 5.92 Å². The third-order valence-electron chi connectivity index (χ3n) is 4.09. The molecule has 1 fully saturated rings. The summed E-state index contributed by atoms with van der Waals surface area (Å²) < 4.78 is 2.40. The zero-order valence-electron chi connectivity index (χ0n) is 10.4. The van der Waals surface area contributed by atoms with Gasteiger partial charge in [-0.25, -0.2) is 4.98 Å². The number of aromatic nitrogens is 2. The van der Waals surface area contributed by atoms with Crippen molar-refractivity contribution < 1.29 is 0 Å². The molecule has 2 aliphatic heterocycles. The van der Waals surface area contributed by atoms with Crippen LogP contribution in [-0.4, -0.2) is 28.7 Å². The summed E-state index contributed by atoms with van der Waals surface area (Å²) in [5.74, 6) is 2.05. The van der Waals surface area contributed by atoms with Crippen LogP contribution in [0.1, 0.15) is 30.8 Å². The number of nitrogens with two attached hydrogens (primary N) is 1. The van der Waals surface area contributed by atoms with E-state index in [1.165, 1.54) is 30.9 Å². The van der Waals surface area contributed by atoms with Crippen molar-refractivity contribution in [3.05, 3.63) is 17.7 Å². The summed E-state index contributed by atoms with van der Waals surface area (Å²) >= 11 is 0. The topological polar surface area (TPSA) is 55.9 Å². The van der Waals surface area contributed by atoms with Crippen LogP contribution in [0.15, 0.2) is 6.20 Å². The molecule has 3 heterocycles. The van der Waals surface area contributed by atoms with Gasteiger partial charge >= 0.3 is 0 Å². The third-order valence-corrected chi connectivity index (χ3v) is 4.09. The number of nitrogens with zero attached hydrogens (tertiary/aromatic N) is 2. The predicted octanol–water partition coefficient (Wildman–Crippen LogP) is 0.699. The van der Waals surface area contributed by atoms with Crippen LogP contribution in [0.4, 0.5) is 0 Å². The molecule has 2 atom stereocenters. The van der Waals surface area contributed by atoms with Crippen LogP contribution >= 0.6 is 0 Å². The molecule has 1 aromatic heterocycles. The highest BCUT2D eigenvalue weighted by atomic mass is 15.1. The lowest BCUT2D eigenvalue weighted by Gasteiger charge is -2.25. The number of fused-ring (bicyclic) bond motifs is 1. The first-order chi connectivity index (χ1) is 8.33. The zero-order valence-corrected chi connectivity index (χ0v) is 10.4. The standard InChI is InChI=1S/C13H22N4/c14-11-3-5-17-12(7-11)9-16-13(17)6-10-2-1-4-15-8-10/h9-11,15H,1-8,14H2. The lowest BCUT2D eigenvalue weighted by Crippen LogP contribution is -2.33. The van der Waals surface area contributed by atoms with Crippen molar-refractivity contribution in [3.63, 3.8) is 0 Å². The van der Waals surface area contributed by atoms with E-state index in [0.29, 0.717) is 6.04 Å². The minimum atomic E-state index is 0.336. The van der Waals surface area contributed by atoms with Gasteiger partial charge in [0.25, 0.3) is 0 Å². The maximum atomic E-state index is 5.99. The van der Waals surface area contributed by atoms with Gasteiger partial charge in [-0.2, -0.15) is 0 Å². The molecule has 3 rings (SSSR count). The van der Waals surface area contributed by atoms with Crippen LogP contribution in [0.3, 0.4) is 0 Å². The maximum absolute atomic E-state index is 5.99. The molecule has 0 saturated carbocycles. The molecule has 0 radical (unpaired) electrons. The Morgan fingerprint density at radius 2 is 2.41 bits per heavy atom. The minimum Gasteiger partial charge on any atom is -0.332 e. The lowest BCUT2D eigenvalue weighted by atomic mass is 9.95. The van der Waals surface area contributed by atoms with Gasteiger partial charge in [-0.15, -0.1) is 0 Å². The molecular formula is C13H22N4. The largest absolute Gasteiger partial charge is 0.332 e. The highest BCUT2D eigenvalue weighted by Crippen LogP contribution is 2.20. The van der Waals surface area contributed by atoms with Crippen LogP contribution in [0.25, 0.3) is 0 Å². The Hall–Kier alpha value is -0.870. The molecule has 3 N–H and O–H groups in total. The van der Waals surface area contributed by atoms with E-state index < -0.39 is 0 Å². The van der Waals surface area contributed by atoms with Gasteiger partial charge in [0, 0.05) is 37.3 Å².